The lowest BCUT2D eigenvalue weighted by Crippen LogP contribution is -2.23. The predicted octanol–water partition coefficient (Wildman–Crippen LogP) is 3.20. The number of benzene rings is 1. The Labute approximate surface area is 112 Å². The molecule has 0 bridgehead atoms. The Bertz CT molecular complexity index is 582. The summed E-state index contributed by atoms with van der Waals surface area (Å²) in [5.41, 5.74) is 1.85. The molecule has 2 aromatic rings. The minimum absolute atomic E-state index is 0.0488. The van der Waals surface area contributed by atoms with Crippen molar-refractivity contribution in [3.05, 3.63) is 59.9 Å². The molecule has 1 fully saturated rings. The van der Waals surface area contributed by atoms with Crippen molar-refractivity contribution in [1.29, 1.82) is 0 Å². The number of carbonyl (C=O) groups is 1. The van der Waals surface area contributed by atoms with Crippen molar-refractivity contribution in [2.45, 2.75) is 25.3 Å². The van der Waals surface area contributed by atoms with E-state index in [0.29, 0.717) is 12.3 Å². The van der Waals surface area contributed by atoms with Gasteiger partial charge >= 0.3 is 5.97 Å². The average Bonchev–Trinajstić information content (AvgIpc) is 3.10. The summed E-state index contributed by atoms with van der Waals surface area (Å²) in [6, 6.07) is 14.1. The van der Waals surface area contributed by atoms with E-state index in [-0.39, 0.29) is 11.5 Å². The third-order valence-corrected chi connectivity index (χ3v) is 3.73. The molecule has 1 saturated carbocycles. The zero-order chi connectivity index (χ0) is 13.3. The molecule has 1 heterocycles. The quantitative estimate of drug-likeness (QED) is 0.786. The van der Waals surface area contributed by atoms with Crippen LogP contribution in [0.2, 0.25) is 0 Å². The zero-order valence-corrected chi connectivity index (χ0v) is 11.0. The van der Waals surface area contributed by atoms with Gasteiger partial charge in [0.15, 0.2) is 0 Å². The van der Waals surface area contributed by atoms with Crippen LogP contribution < -0.4 is 0 Å². The normalized spacial score (nSPS) is 16.1. The Morgan fingerprint density at radius 3 is 2.58 bits per heavy atom. The van der Waals surface area contributed by atoms with Gasteiger partial charge in [0.05, 0.1) is 12.1 Å². The van der Waals surface area contributed by atoms with E-state index in [1.54, 1.807) is 0 Å². The predicted molar refractivity (Wildman–Crippen MR) is 73.1 cm³/mol. The van der Waals surface area contributed by atoms with Crippen molar-refractivity contribution < 1.29 is 9.53 Å². The van der Waals surface area contributed by atoms with Crippen LogP contribution in [0.1, 0.15) is 35.8 Å². The van der Waals surface area contributed by atoms with E-state index in [0.717, 1.165) is 12.8 Å². The van der Waals surface area contributed by atoms with Crippen LogP contribution in [0.3, 0.4) is 0 Å². The molecule has 1 aromatic carbocycles. The molecule has 1 aromatic heterocycles. The van der Waals surface area contributed by atoms with Gasteiger partial charge in [-0.3, -0.25) is 0 Å². The van der Waals surface area contributed by atoms with Gasteiger partial charge in [-0.1, -0.05) is 30.3 Å². The molecule has 0 unspecified atom stereocenters. The summed E-state index contributed by atoms with van der Waals surface area (Å²) in [5.74, 6) is -0.241. The molecule has 0 radical (unpaired) electrons. The van der Waals surface area contributed by atoms with E-state index in [9.17, 15) is 4.79 Å². The molecular weight excluding hydrogens is 238 g/mol. The molecule has 3 rings (SSSR count). The maximum atomic E-state index is 12.0. The van der Waals surface area contributed by atoms with Gasteiger partial charge in [0.25, 0.3) is 0 Å². The number of nitrogens with zero attached hydrogens (tertiary/aromatic N) is 1. The highest BCUT2D eigenvalue weighted by atomic mass is 16.5. The maximum absolute atomic E-state index is 12.0. The van der Waals surface area contributed by atoms with E-state index in [1.165, 1.54) is 5.56 Å². The van der Waals surface area contributed by atoms with Gasteiger partial charge in [-0.05, 0) is 37.5 Å². The minimum atomic E-state index is -0.241. The number of hydrogen-bond acceptors (Lipinski definition) is 2. The Morgan fingerprint density at radius 2 is 1.95 bits per heavy atom. The van der Waals surface area contributed by atoms with E-state index in [2.05, 4.69) is 16.7 Å². The van der Waals surface area contributed by atoms with Crippen LogP contribution in [0.25, 0.3) is 0 Å². The fraction of sp³-hybridized carbons (Fsp3) is 0.312. The first-order valence-corrected chi connectivity index (χ1v) is 6.68. The highest BCUT2D eigenvalue weighted by Crippen LogP contribution is 2.50. The van der Waals surface area contributed by atoms with Crippen molar-refractivity contribution in [3.63, 3.8) is 0 Å². The molecular formula is C16H17NO2. The number of aromatic nitrogens is 1. The Morgan fingerprint density at radius 1 is 1.21 bits per heavy atom. The number of ether oxygens (including phenoxy) is 1. The van der Waals surface area contributed by atoms with Crippen LogP contribution in [0.15, 0.2) is 48.7 Å². The summed E-state index contributed by atoms with van der Waals surface area (Å²) in [6.45, 7) is 2.23. The van der Waals surface area contributed by atoms with Gasteiger partial charge in [0, 0.05) is 6.20 Å². The second-order valence-electron chi connectivity index (χ2n) is 4.88. The second kappa shape index (κ2) is 4.57. The lowest BCUT2D eigenvalue weighted by atomic mass is 10.0. The Hall–Kier alpha value is -2.03. The van der Waals surface area contributed by atoms with Crippen molar-refractivity contribution >= 4 is 5.97 Å². The number of esters is 1. The molecule has 1 aliphatic carbocycles. The molecule has 19 heavy (non-hydrogen) atoms. The van der Waals surface area contributed by atoms with Gasteiger partial charge in [0.1, 0.15) is 5.69 Å². The second-order valence-corrected chi connectivity index (χ2v) is 4.88. The van der Waals surface area contributed by atoms with Gasteiger partial charge in [0.2, 0.25) is 0 Å². The highest BCUT2D eigenvalue weighted by Gasteiger charge is 2.47. The van der Waals surface area contributed by atoms with Crippen molar-refractivity contribution in [2.75, 3.05) is 6.61 Å². The molecule has 98 valence electrons. The summed E-state index contributed by atoms with van der Waals surface area (Å²) >= 11 is 0. The fourth-order valence-corrected chi connectivity index (χ4v) is 2.66. The lowest BCUT2D eigenvalue weighted by molar-refractivity contribution is 0.0511. The van der Waals surface area contributed by atoms with Crippen molar-refractivity contribution in [1.82, 2.24) is 4.57 Å². The number of carbonyl (C=O) groups excluding carboxylic acids is 1. The molecule has 0 amide bonds. The smallest absolute Gasteiger partial charge is 0.354 e. The van der Waals surface area contributed by atoms with Crippen molar-refractivity contribution in [3.8, 4) is 0 Å². The molecule has 1 aliphatic rings. The van der Waals surface area contributed by atoms with Crippen LogP contribution in [-0.2, 0) is 10.3 Å². The van der Waals surface area contributed by atoms with Crippen LogP contribution >= 0.6 is 0 Å². The molecule has 0 saturated heterocycles. The lowest BCUT2D eigenvalue weighted by Gasteiger charge is -2.20. The number of hydrogen-bond donors (Lipinski definition) is 0. The maximum Gasteiger partial charge on any atom is 0.354 e. The van der Waals surface area contributed by atoms with E-state index >= 15 is 0 Å². The highest BCUT2D eigenvalue weighted by molar-refractivity contribution is 5.88. The van der Waals surface area contributed by atoms with E-state index in [4.69, 9.17) is 4.74 Å². The third kappa shape index (κ3) is 1.95. The Balaban J connectivity index is 2.00. The summed E-state index contributed by atoms with van der Waals surface area (Å²) in [4.78, 5) is 12.0. The first-order chi connectivity index (χ1) is 9.28. The molecule has 0 spiro atoms. The van der Waals surface area contributed by atoms with E-state index in [1.807, 2.05) is 43.5 Å². The van der Waals surface area contributed by atoms with Crippen LogP contribution in [0.5, 0.6) is 0 Å². The van der Waals surface area contributed by atoms with Gasteiger partial charge in [-0.2, -0.15) is 0 Å². The first kappa shape index (κ1) is 12.0. The van der Waals surface area contributed by atoms with Crippen molar-refractivity contribution in [2.24, 2.45) is 0 Å². The first-order valence-electron chi connectivity index (χ1n) is 6.68. The van der Waals surface area contributed by atoms with E-state index < -0.39 is 0 Å². The molecule has 0 atom stereocenters. The monoisotopic (exact) mass is 255 g/mol. The molecule has 0 aliphatic heterocycles. The fourth-order valence-electron chi connectivity index (χ4n) is 2.66. The molecule has 0 N–H and O–H groups in total. The van der Waals surface area contributed by atoms with Crippen LogP contribution in [0.4, 0.5) is 0 Å². The summed E-state index contributed by atoms with van der Waals surface area (Å²) < 4.78 is 7.20. The topological polar surface area (TPSA) is 31.2 Å². The van der Waals surface area contributed by atoms with Gasteiger partial charge in [-0.15, -0.1) is 0 Å². The van der Waals surface area contributed by atoms with Gasteiger partial charge < -0.3 is 9.30 Å². The Kier molecular flexibility index (Phi) is 2.90. The van der Waals surface area contributed by atoms with Crippen LogP contribution in [0, 0.1) is 0 Å². The van der Waals surface area contributed by atoms with Crippen LogP contribution in [-0.4, -0.2) is 17.1 Å². The summed E-state index contributed by atoms with van der Waals surface area (Å²) in [7, 11) is 0. The SMILES string of the molecule is CCOC(=O)c1cccn1C1(c2ccccc2)CC1. The minimum Gasteiger partial charge on any atom is -0.461 e. The molecule has 3 nitrogen and oxygen atoms in total. The standard InChI is InChI=1S/C16H17NO2/c1-2-19-15(18)14-9-6-12-17(14)16(10-11-16)13-7-4-3-5-8-13/h3-9,12H,2,10-11H2,1H3. The summed E-state index contributed by atoms with van der Waals surface area (Å²) in [5, 5.41) is 0. The third-order valence-electron chi connectivity index (χ3n) is 3.73. The average molecular weight is 255 g/mol. The number of rotatable bonds is 4. The van der Waals surface area contributed by atoms with Gasteiger partial charge in [-0.25, -0.2) is 4.79 Å². The largest absolute Gasteiger partial charge is 0.461 e. The zero-order valence-electron chi connectivity index (χ0n) is 11.0. The molecule has 3 heteroatoms. The summed E-state index contributed by atoms with van der Waals surface area (Å²) in [6.07, 6.45) is 4.11.